The number of hydrogen-bond donors (Lipinski definition) is 2. The van der Waals surface area contributed by atoms with Crippen LogP contribution in [0.25, 0.3) is 11.0 Å². The van der Waals surface area contributed by atoms with Crippen molar-refractivity contribution < 1.29 is 15.0 Å². The van der Waals surface area contributed by atoms with Crippen molar-refractivity contribution in [2.45, 2.75) is 26.9 Å². The average Bonchev–Trinajstić information content (AvgIpc) is 2.81. The summed E-state index contributed by atoms with van der Waals surface area (Å²) in [4.78, 5) is 33.9. The molecule has 11 heteroatoms. The van der Waals surface area contributed by atoms with E-state index in [1.165, 1.54) is 9.13 Å². The molecule has 11 nitrogen and oxygen atoms in total. The normalized spacial score (nSPS) is 11.0. The molecule has 0 saturated carbocycles. The second-order valence-electron chi connectivity index (χ2n) is 4.92. The fourth-order valence-electron chi connectivity index (χ4n) is 2.72. The van der Waals surface area contributed by atoms with E-state index < -0.39 is 26.9 Å². The summed E-state index contributed by atoms with van der Waals surface area (Å²) >= 11 is 0. The van der Waals surface area contributed by atoms with Gasteiger partial charge < -0.3 is 10.4 Å². The predicted octanol–water partition coefficient (Wildman–Crippen LogP) is 1.06. The lowest BCUT2D eigenvalue weighted by atomic mass is 10.2. The van der Waals surface area contributed by atoms with Gasteiger partial charge in [0.1, 0.15) is 0 Å². The van der Waals surface area contributed by atoms with Crippen LogP contribution in [0.5, 0.6) is 0 Å². The van der Waals surface area contributed by atoms with E-state index >= 15 is 0 Å². The van der Waals surface area contributed by atoms with Crippen LogP contribution < -0.4 is 11.0 Å². The van der Waals surface area contributed by atoms with Crippen LogP contribution in [0.4, 0.5) is 17.1 Å². The van der Waals surface area contributed by atoms with Crippen LogP contribution in [-0.4, -0.2) is 37.2 Å². The van der Waals surface area contributed by atoms with Gasteiger partial charge in [0.15, 0.2) is 11.2 Å². The molecule has 0 atom stereocenters. The Morgan fingerprint density at radius 3 is 2.25 bits per heavy atom. The molecule has 0 saturated heterocycles. The van der Waals surface area contributed by atoms with Crippen molar-refractivity contribution in [1.29, 1.82) is 0 Å². The van der Waals surface area contributed by atoms with E-state index in [9.17, 15) is 25.0 Å². The van der Waals surface area contributed by atoms with Gasteiger partial charge in [0.25, 0.3) is 0 Å². The van der Waals surface area contributed by atoms with Crippen LogP contribution in [-0.2, 0) is 13.1 Å². The Bertz CT molecular complexity index is 868. The fraction of sp³-hybridized carbons (Fsp3) is 0.462. The van der Waals surface area contributed by atoms with Crippen molar-refractivity contribution in [1.82, 2.24) is 9.13 Å². The summed E-state index contributed by atoms with van der Waals surface area (Å²) < 4.78 is 2.47. The Morgan fingerprint density at radius 2 is 1.79 bits per heavy atom. The van der Waals surface area contributed by atoms with Crippen LogP contribution in [0.2, 0.25) is 0 Å². The van der Waals surface area contributed by atoms with Gasteiger partial charge in [-0.3, -0.25) is 29.4 Å². The Hall–Kier alpha value is -2.95. The highest BCUT2D eigenvalue weighted by Crippen LogP contribution is 2.40. The zero-order chi connectivity index (χ0) is 18.0. The second kappa shape index (κ2) is 6.66. The summed E-state index contributed by atoms with van der Waals surface area (Å²) in [6, 6.07) is 1.15. The standard InChI is InChI=1S/C13H17N5O6/c1-3-15-9-7-8(17(21)22)10(14-5-6-19)12(18(23)24)11(9)16(4-2)13(15)20/h7,14,19H,3-6H2,1-2H3. The van der Waals surface area contributed by atoms with E-state index in [1.54, 1.807) is 13.8 Å². The topological polar surface area (TPSA) is 145 Å². The molecule has 1 heterocycles. The van der Waals surface area contributed by atoms with Gasteiger partial charge in [-0.25, -0.2) is 4.79 Å². The first-order chi connectivity index (χ1) is 11.4. The van der Waals surface area contributed by atoms with Crippen molar-refractivity contribution in [2.24, 2.45) is 0 Å². The number of anilines is 1. The maximum Gasteiger partial charge on any atom is 0.329 e. The number of nitro groups is 2. The molecule has 24 heavy (non-hydrogen) atoms. The Morgan fingerprint density at radius 1 is 1.17 bits per heavy atom. The number of aliphatic hydroxyl groups is 1. The molecule has 130 valence electrons. The van der Waals surface area contributed by atoms with Gasteiger partial charge in [-0.05, 0) is 13.8 Å². The van der Waals surface area contributed by atoms with Gasteiger partial charge >= 0.3 is 17.1 Å². The smallest absolute Gasteiger partial charge is 0.329 e. The molecule has 1 aromatic carbocycles. The average molecular weight is 339 g/mol. The van der Waals surface area contributed by atoms with E-state index in [2.05, 4.69) is 5.32 Å². The number of nitrogens with zero attached hydrogens (tertiary/aromatic N) is 4. The van der Waals surface area contributed by atoms with Gasteiger partial charge in [-0.1, -0.05) is 0 Å². The summed E-state index contributed by atoms with van der Waals surface area (Å²) in [6.07, 6.45) is 0. The van der Waals surface area contributed by atoms with E-state index in [0.29, 0.717) is 0 Å². The number of fused-ring (bicyclic) bond motifs is 1. The maximum atomic E-state index is 12.4. The fourth-order valence-corrected chi connectivity index (χ4v) is 2.72. The number of nitrogens with one attached hydrogen (secondary N) is 1. The van der Waals surface area contributed by atoms with Crippen LogP contribution in [0.15, 0.2) is 10.9 Å². The van der Waals surface area contributed by atoms with Crippen molar-refractivity contribution in [3.63, 3.8) is 0 Å². The number of aromatic nitrogens is 2. The van der Waals surface area contributed by atoms with E-state index in [4.69, 9.17) is 5.11 Å². The van der Waals surface area contributed by atoms with Crippen molar-refractivity contribution in [3.05, 3.63) is 36.8 Å². The third-order valence-corrected chi connectivity index (χ3v) is 3.68. The first kappa shape index (κ1) is 17.4. The molecule has 0 fully saturated rings. The number of hydrogen-bond acceptors (Lipinski definition) is 7. The SMILES string of the molecule is CCn1c(=O)n(CC)c2c([N+](=O)[O-])c(NCCO)c([N+](=O)[O-])cc21. The minimum absolute atomic E-state index is 0.0281. The van der Waals surface area contributed by atoms with Gasteiger partial charge in [-0.15, -0.1) is 0 Å². The van der Waals surface area contributed by atoms with Crippen LogP contribution in [0.3, 0.4) is 0 Å². The third-order valence-electron chi connectivity index (χ3n) is 3.68. The van der Waals surface area contributed by atoms with Crippen molar-refractivity contribution in [3.8, 4) is 0 Å². The first-order valence-electron chi connectivity index (χ1n) is 7.32. The highest BCUT2D eigenvalue weighted by Gasteiger charge is 2.33. The lowest BCUT2D eigenvalue weighted by Gasteiger charge is -2.09. The molecule has 2 aromatic rings. The minimum Gasteiger partial charge on any atom is -0.395 e. The highest BCUT2D eigenvalue weighted by molar-refractivity contribution is 5.97. The molecule has 0 spiro atoms. The van der Waals surface area contributed by atoms with Crippen LogP contribution >= 0.6 is 0 Å². The number of benzene rings is 1. The molecule has 0 amide bonds. The zero-order valence-corrected chi connectivity index (χ0v) is 13.2. The lowest BCUT2D eigenvalue weighted by Crippen LogP contribution is -2.23. The maximum absolute atomic E-state index is 12.4. The van der Waals surface area contributed by atoms with Crippen LogP contribution in [0, 0.1) is 20.2 Å². The number of nitro benzene ring substituents is 2. The number of aryl methyl sites for hydroxylation is 2. The van der Waals surface area contributed by atoms with Gasteiger partial charge in [0, 0.05) is 25.7 Å². The molecule has 0 radical (unpaired) electrons. The van der Waals surface area contributed by atoms with Crippen molar-refractivity contribution >= 4 is 28.1 Å². The number of imidazole rings is 1. The van der Waals surface area contributed by atoms with E-state index in [1.807, 2.05) is 0 Å². The Labute approximate surface area is 135 Å². The second-order valence-corrected chi connectivity index (χ2v) is 4.92. The summed E-state index contributed by atoms with van der Waals surface area (Å²) in [7, 11) is 0. The predicted molar refractivity (Wildman–Crippen MR) is 86.4 cm³/mol. The lowest BCUT2D eigenvalue weighted by molar-refractivity contribution is -0.391. The quantitative estimate of drug-likeness (QED) is 0.566. The van der Waals surface area contributed by atoms with Crippen molar-refractivity contribution in [2.75, 3.05) is 18.5 Å². The molecule has 0 aliphatic rings. The zero-order valence-electron chi connectivity index (χ0n) is 13.2. The van der Waals surface area contributed by atoms with Gasteiger partial charge in [-0.2, -0.15) is 0 Å². The first-order valence-corrected chi connectivity index (χ1v) is 7.32. The number of rotatable bonds is 7. The number of aliphatic hydroxyl groups excluding tert-OH is 1. The van der Waals surface area contributed by atoms with E-state index in [0.717, 1.165) is 6.07 Å². The molecule has 0 aliphatic heterocycles. The summed E-state index contributed by atoms with van der Waals surface area (Å²) in [5, 5.41) is 34.4. The Balaban J connectivity index is 3.05. The monoisotopic (exact) mass is 339 g/mol. The summed E-state index contributed by atoms with van der Waals surface area (Å²) in [5.74, 6) is 0. The molecule has 0 unspecified atom stereocenters. The molecule has 0 bridgehead atoms. The molecular weight excluding hydrogens is 322 g/mol. The minimum atomic E-state index is -0.750. The molecule has 2 rings (SSSR count). The largest absolute Gasteiger partial charge is 0.395 e. The molecule has 1 aromatic heterocycles. The highest BCUT2D eigenvalue weighted by atomic mass is 16.6. The molecular formula is C13H17N5O6. The summed E-state index contributed by atoms with van der Waals surface area (Å²) in [5.41, 5.74) is -1.68. The third kappa shape index (κ3) is 2.58. The molecule has 0 aliphatic carbocycles. The van der Waals surface area contributed by atoms with Gasteiger partial charge in [0.05, 0.1) is 22.0 Å². The van der Waals surface area contributed by atoms with Crippen LogP contribution in [0.1, 0.15) is 13.8 Å². The Kier molecular flexibility index (Phi) is 4.83. The summed E-state index contributed by atoms with van der Waals surface area (Å²) in [6.45, 7) is 3.28. The van der Waals surface area contributed by atoms with E-state index in [-0.39, 0.29) is 43.0 Å². The van der Waals surface area contributed by atoms with Gasteiger partial charge in [0.2, 0.25) is 0 Å². The molecule has 2 N–H and O–H groups in total.